The summed E-state index contributed by atoms with van der Waals surface area (Å²) in [6.07, 6.45) is 12.9. The molecule has 0 bridgehead atoms. The molecule has 0 aromatic rings. The fourth-order valence-electron chi connectivity index (χ4n) is 2.69. The van der Waals surface area contributed by atoms with Crippen LogP contribution in [0.2, 0.25) is 0 Å². The minimum atomic E-state index is -1.08. The molecule has 1 heteroatoms. The lowest BCUT2D eigenvalue weighted by Crippen LogP contribution is -2.19. The summed E-state index contributed by atoms with van der Waals surface area (Å²) >= 11 is 0. The van der Waals surface area contributed by atoms with E-state index in [1.165, 1.54) is 17.6 Å². The number of hydrogen-bond donors (Lipinski definition) is 0. The molecule has 0 unspecified atom stereocenters. The zero-order valence-electron chi connectivity index (χ0n) is 16.6. The van der Waals surface area contributed by atoms with E-state index >= 15 is 0 Å². The first-order valence-electron chi connectivity index (χ1n) is 9.08. The maximum atomic E-state index is 10.5. The van der Waals surface area contributed by atoms with E-state index < -0.39 is 6.88 Å². The number of hydrogen-bond acceptors (Lipinski definition) is 1. The van der Waals surface area contributed by atoms with Crippen molar-refractivity contribution >= 4 is 6.29 Å². The summed E-state index contributed by atoms with van der Waals surface area (Å²) in [5.41, 5.74) is 3.95. The lowest BCUT2D eigenvalue weighted by atomic mass is 9.72. The van der Waals surface area contributed by atoms with Gasteiger partial charge < -0.3 is 0 Å². The van der Waals surface area contributed by atoms with Crippen LogP contribution in [0.25, 0.3) is 0 Å². The molecule has 0 radical (unpaired) electrons. The van der Waals surface area contributed by atoms with Gasteiger partial charge in [0.05, 0.1) is 1.37 Å². The highest BCUT2D eigenvalue weighted by atomic mass is 16.1. The molecule has 21 heavy (non-hydrogen) atoms. The van der Waals surface area contributed by atoms with E-state index in [0.717, 1.165) is 12.8 Å². The molecule has 0 N–H and O–H groups in total. The van der Waals surface area contributed by atoms with Gasteiger partial charge in [-0.25, -0.2) is 0 Å². The van der Waals surface area contributed by atoms with Crippen molar-refractivity contribution in [2.24, 2.45) is 5.41 Å². The molecule has 1 aliphatic rings. The van der Waals surface area contributed by atoms with Crippen molar-refractivity contribution in [1.82, 2.24) is 0 Å². The summed E-state index contributed by atoms with van der Waals surface area (Å²) < 4.78 is 22.8. The highest BCUT2D eigenvalue weighted by molar-refractivity contribution is 5.66. The molecule has 0 aromatic carbocycles. The van der Waals surface area contributed by atoms with Gasteiger partial charge in [-0.3, -0.25) is 4.79 Å². The van der Waals surface area contributed by atoms with Gasteiger partial charge in [0.1, 0.15) is 6.29 Å². The van der Waals surface area contributed by atoms with E-state index in [9.17, 15) is 4.79 Å². The highest BCUT2D eigenvalue weighted by Crippen LogP contribution is 2.40. The molecule has 0 atom stereocenters. The van der Waals surface area contributed by atoms with Crippen molar-refractivity contribution in [2.75, 3.05) is 0 Å². The maximum absolute atomic E-state index is 10.5. The van der Waals surface area contributed by atoms with Gasteiger partial charge in [0, 0.05) is 2.74 Å². The van der Waals surface area contributed by atoms with Crippen LogP contribution in [0.3, 0.4) is 0 Å². The first-order valence-corrected chi connectivity index (χ1v) is 7.42. The first kappa shape index (κ1) is 13.1. The van der Waals surface area contributed by atoms with Crippen LogP contribution in [0.5, 0.6) is 0 Å². The molecule has 0 spiro atoms. The number of rotatable bonds is 5. The predicted molar refractivity (Wildman–Crippen MR) is 92.2 cm³/mol. The fraction of sp³-hybridized carbons (Fsp3) is 0.450. The Morgan fingerprint density at radius 3 is 2.71 bits per heavy atom. The van der Waals surface area contributed by atoms with Crippen molar-refractivity contribution in [1.29, 1.82) is 0 Å². The Kier molecular flexibility index (Phi) is 4.96. The Bertz CT molecular complexity index is 617. The zero-order valence-corrected chi connectivity index (χ0v) is 13.6. The molecule has 0 aliphatic heterocycles. The predicted octanol–water partition coefficient (Wildman–Crippen LogP) is 5.72. The van der Waals surface area contributed by atoms with Gasteiger partial charge in [-0.15, -0.1) is 0 Å². The SMILES string of the molecule is [2H]/C(C=O)=C(C)/C=C/C=C(/C=C/C1=C(C)CCCC1(C)C)C([2H])[2H]. The molecule has 0 heterocycles. The fourth-order valence-corrected chi connectivity index (χ4v) is 2.69. The average molecular weight is 287 g/mol. The van der Waals surface area contributed by atoms with Crippen LogP contribution in [0.4, 0.5) is 0 Å². The van der Waals surface area contributed by atoms with E-state index in [4.69, 9.17) is 4.11 Å². The lowest BCUT2D eigenvalue weighted by molar-refractivity contribution is -0.104. The molecule has 1 nitrogen and oxygen atoms in total. The highest BCUT2D eigenvalue weighted by Gasteiger charge is 2.26. The molecule has 0 saturated carbocycles. The van der Waals surface area contributed by atoms with E-state index in [-0.39, 0.29) is 11.5 Å². The molecular formula is C20H28O. The third-order valence-electron chi connectivity index (χ3n) is 3.91. The Morgan fingerprint density at radius 2 is 2.10 bits per heavy atom. The Labute approximate surface area is 134 Å². The second-order valence-corrected chi connectivity index (χ2v) is 6.24. The number of allylic oxidation sites excluding steroid dienone is 10. The Balaban J connectivity index is 3.04. The maximum Gasteiger partial charge on any atom is 0.143 e. The van der Waals surface area contributed by atoms with Gasteiger partial charge in [-0.05, 0) is 62.6 Å². The number of carbonyl (C=O) groups excluding carboxylic acids is 1. The normalized spacial score (nSPS) is 23.3. The van der Waals surface area contributed by atoms with Gasteiger partial charge in [0.15, 0.2) is 0 Å². The van der Waals surface area contributed by atoms with Gasteiger partial charge in [0.2, 0.25) is 0 Å². The minimum absolute atomic E-state index is 0.0604. The van der Waals surface area contributed by atoms with Crippen LogP contribution in [0.1, 0.15) is 57.9 Å². The summed E-state index contributed by atoms with van der Waals surface area (Å²) in [4.78, 5) is 10.5. The monoisotopic (exact) mass is 287 g/mol. The summed E-state index contributed by atoms with van der Waals surface area (Å²) in [5.74, 6) is 0. The molecule has 0 aromatic heterocycles. The molecule has 0 amide bonds. The van der Waals surface area contributed by atoms with E-state index in [0.29, 0.717) is 17.4 Å². The van der Waals surface area contributed by atoms with Crippen LogP contribution in [0, 0.1) is 5.41 Å². The van der Waals surface area contributed by atoms with E-state index in [2.05, 4.69) is 20.8 Å². The van der Waals surface area contributed by atoms with Gasteiger partial charge in [-0.1, -0.05) is 55.4 Å². The standard InChI is InChI=1S/C20H28O/c1-16(8-6-9-17(2)13-15-21)11-12-19-18(3)10-7-14-20(19,4)5/h6,8-9,11-13,15H,7,10,14H2,1-5H3/b9-6+,12-11+,16-8+,17-13-/i1D2,13D. The third-order valence-corrected chi connectivity index (χ3v) is 3.91. The Morgan fingerprint density at radius 1 is 1.33 bits per heavy atom. The zero-order chi connectivity index (χ0) is 18.3. The second kappa shape index (κ2) is 7.97. The van der Waals surface area contributed by atoms with Crippen LogP contribution < -0.4 is 0 Å². The minimum Gasteiger partial charge on any atom is -0.299 e. The van der Waals surface area contributed by atoms with Crippen molar-refractivity contribution in [2.45, 2.75) is 53.8 Å². The summed E-state index contributed by atoms with van der Waals surface area (Å²) in [6.45, 7) is 7.24. The second-order valence-electron chi connectivity index (χ2n) is 6.24. The first-order chi connectivity index (χ1) is 11.2. The largest absolute Gasteiger partial charge is 0.299 e. The van der Waals surface area contributed by atoms with E-state index in [1.807, 2.05) is 12.2 Å². The van der Waals surface area contributed by atoms with Crippen molar-refractivity contribution < 1.29 is 8.91 Å². The van der Waals surface area contributed by atoms with Crippen LogP contribution in [-0.4, -0.2) is 6.29 Å². The lowest BCUT2D eigenvalue weighted by Gasteiger charge is -2.32. The molecular weight excluding hydrogens is 256 g/mol. The molecule has 0 saturated heterocycles. The quantitative estimate of drug-likeness (QED) is 0.359. The molecule has 0 fully saturated rings. The topological polar surface area (TPSA) is 17.1 Å². The Hall–Kier alpha value is -1.63. The van der Waals surface area contributed by atoms with Gasteiger partial charge in [0.25, 0.3) is 0 Å². The molecule has 114 valence electrons. The van der Waals surface area contributed by atoms with Crippen LogP contribution >= 0.6 is 0 Å². The van der Waals surface area contributed by atoms with Gasteiger partial charge in [-0.2, -0.15) is 0 Å². The smallest absolute Gasteiger partial charge is 0.143 e. The number of aldehydes is 1. The summed E-state index contributed by atoms with van der Waals surface area (Å²) in [7, 11) is 0. The van der Waals surface area contributed by atoms with Crippen LogP contribution in [-0.2, 0) is 4.79 Å². The van der Waals surface area contributed by atoms with Crippen molar-refractivity contribution in [3.63, 3.8) is 0 Å². The average Bonchev–Trinajstić information content (AvgIpc) is 2.50. The van der Waals surface area contributed by atoms with Crippen molar-refractivity contribution in [3.05, 3.63) is 58.7 Å². The summed E-state index contributed by atoms with van der Waals surface area (Å²) in [6, 6.07) is -0.0604. The van der Waals surface area contributed by atoms with Gasteiger partial charge >= 0.3 is 0 Å². The summed E-state index contributed by atoms with van der Waals surface area (Å²) in [5, 5.41) is 0. The molecule has 1 aliphatic carbocycles. The molecule has 1 rings (SSSR count). The third kappa shape index (κ3) is 5.71. The van der Waals surface area contributed by atoms with E-state index in [1.54, 1.807) is 25.2 Å². The van der Waals surface area contributed by atoms with Crippen LogP contribution in [0.15, 0.2) is 58.7 Å². The number of carbonyl (C=O) groups is 1. The van der Waals surface area contributed by atoms with Crippen molar-refractivity contribution in [3.8, 4) is 0 Å².